The summed E-state index contributed by atoms with van der Waals surface area (Å²) in [6.07, 6.45) is 1.11. The second kappa shape index (κ2) is 11.3. The van der Waals surface area contributed by atoms with Crippen molar-refractivity contribution in [1.29, 1.82) is 0 Å². The van der Waals surface area contributed by atoms with E-state index in [4.69, 9.17) is 0 Å². The molecule has 2 N–H and O–H groups in total. The summed E-state index contributed by atoms with van der Waals surface area (Å²) < 4.78 is 2.08. The molecule has 1 heterocycles. The minimum absolute atomic E-state index is 0.0251. The Kier molecular flexibility index (Phi) is 7.89. The predicted octanol–water partition coefficient (Wildman–Crippen LogP) is 6.26. The molecule has 0 aliphatic heterocycles. The average molecular weight is 482 g/mol. The Hall–Kier alpha value is -3.86. The standard InChI is InChI=1S/C31H35N3O2/c1-21(2)19-32-31(36)29-18-25-17-27(33-30(35)15-12-24-8-6-5-7-9-24)13-14-28(25)34(29)20-26-16-22(3)10-11-23(26)4/h5-11,13-14,16-18,21H,12,15,19-20H2,1-4H3,(H,32,36)(H,33,35). The molecule has 0 saturated heterocycles. The molecule has 0 spiro atoms. The Morgan fingerprint density at radius 1 is 0.917 bits per heavy atom. The number of hydrogen-bond acceptors (Lipinski definition) is 2. The summed E-state index contributed by atoms with van der Waals surface area (Å²) in [5.74, 6) is 0.255. The van der Waals surface area contributed by atoms with Crippen molar-refractivity contribution in [1.82, 2.24) is 9.88 Å². The summed E-state index contributed by atoms with van der Waals surface area (Å²) in [5, 5.41) is 7.01. The van der Waals surface area contributed by atoms with E-state index in [1.807, 2.05) is 54.6 Å². The number of benzene rings is 3. The molecule has 0 fully saturated rings. The van der Waals surface area contributed by atoms with Crippen molar-refractivity contribution in [2.45, 2.75) is 47.1 Å². The summed E-state index contributed by atoms with van der Waals surface area (Å²) in [4.78, 5) is 25.7. The van der Waals surface area contributed by atoms with E-state index in [1.165, 1.54) is 16.7 Å². The number of carbonyl (C=O) groups excluding carboxylic acids is 2. The fraction of sp³-hybridized carbons (Fsp3) is 0.290. The molecule has 4 aromatic rings. The minimum atomic E-state index is -0.0846. The zero-order valence-corrected chi connectivity index (χ0v) is 21.6. The Morgan fingerprint density at radius 3 is 2.44 bits per heavy atom. The number of rotatable bonds is 9. The zero-order chi connectivity index (χ0) is 25.7. The summed E-state index contributed by atoms with van der Waals surface area (Å²) in [5.41, 5.74) is 7.04. The molecule has 0 bridgehead atoms. The van der Waals surface area contributed by atoms with Crippen LogP contribution in [-0.2, 0) is 17.8 Å². The van der Waals surface area contributed by atoms with Gasteiger partial charge in [0.15, 0.2) is 0 Å². The van der Waals surface area contributed by atoms with Gasteiger partial charge in [-0.05, 0) is 67.1 Å². The molecular formula is C31H35N3O2. The van der Waals surface area contributed by atoms with Gasteiger partial charge in [-0.25, -0.2) is 0 Å². The second-order valence-corrected chi connectivity index (χ2v) is 9.96. The van der Waals surface area contributed by atoms with Crippen LogP contribution in [0.5, 0.6) is 0 Å². The van der Waals surface area contributed by atoms with Crippen molar-refractivity contribution in [2.75, 3.05) is 11.9 Å². The van der Waals surface area contributed by atoms with E-state index >= 15 is 0 Å². The number of nitrogens with zero attached hydrogens (tertiary/aromatic N) is 1. The maximum atomic E-state index is 13.2. The van der Waals surface area contributed by atoms with Crippen LogP contribution in [0, 0.1) is 19.8 Å². The van der Waals surface area contributed by atoms with Gasteiger partial charge in [-0.3, -0.25) is 9.59 Å². The molecule has 0 unspecified atom stereocenters. The number of amides is 2. The van der Waals surface area contributed by atoms with Gasteiger partial charge in [-0.15, -0.1) is 0 Å². The zero-order valence-electron chi connectivity index (χ0n) is 21.6. The first-order valence-corrected chi connectivity index (χ1v) is 12.6. The van der Waals surface area contributed by atoms with Gasteiger partial charge in [-0.1, -0.05) is 67.9 Å². The smallest absolute Gasteiger partial charge is 0.267 e. The fourth-order valence-electron chi connectivity index (χ4n) is 4.36. The third-order valence-electron chi connectivity index (χ3n) is 6.41. The number of fused-ring (bicyclic) bond motifs is 1. The van der Waals surface area contributed by atoms with Crippen LogP contribution in [0.1, 0.15) is 53.0 Å². The highest BCUT2D eigenvalue weighted by Crippen LogP contribution is 2.26. The number of nitrogens with one attached hydrogen (secondary N) is 2. The van der Waals surface area contributed by atoms with Gasteiger partial charge in [0, 0.05) is 36.1 Å². The first-order valence-electron chi connectivity index (χ1n) is 12.6. The van der Waals surface area contributed by atoms with Crippen LogP contribution in [0.2, 0.25) is 0 Å². The normalized spacial score (nSPS) is 11.1. The molecule has 5 heteroatoms. The lowest BCUT2D eigenvalue weighted by molar-refractivity contribution is -0.116. The van der Waals surface area contributed by atoms with Crippen molar-refractivity contribution in [3.05, 3.63) is 101 Å². The highest BCUT2D eigenvalue weighted by atomic mass is 16.2. The molecule has 0 atom stereocenters. The molecule has 0 aliphatic rings. The molecular weight excluding hydrogens is 446 g/mol. The van der Waals surface area contributed by atoms with Crippen LogP contribution in [0.15, 0.2) is 72.8 Å². The van der Waals surface area contributed by atoms with Gasteiger partial charge < -0.3 is 15.2 Å². The van der Waals surface area contributed by atoms with Crippen molar-refractivity contribution in [2.24, 2.45) is 5.92 Å². The van der Waals surface area contributed by atoms with E-state index in [0.717, 1.165) is 22.2 Å². The lowest BCUT2D eigenvalue weighted by Crippen LogP contribution is -2.29. The summed E-state index contributed by atoms with van der Waals surface area (Å²) in [7, 11) is 0. The quantitative estimate of drug-likeness (QED) is 0.296. The number of aryl methyl sites for hydroxylation is 3. The third kappa shape index (κ3) is 6.22. The monoisotopic (exact) mass is 481 g/mol. The molecule has 36 heavy (non-hydrogen) atoms. The van der Waals surface area contributed by atoms with Gasteiger partial charge in [0.05, 0.1) is 0 Å². The largest absolute Gasteiger partial charge is 0.351 e. The van der Waals surface area contributed by atoms with Crippen LogP contribution in [0.4, 0.5) is 5.69 Å². The Bertz CT molecular complexity index is 1370. The van der Waals surface area contributed by atoms with Gasteiger partial charge in [0.25, 0.3) is 5.91 Å². The number of carbonyl (C=O) groups is 2. The first kappa shape index (κ1) is 25.2. The molecule has 4 rings (SSSR count). The van der Waals surface area contributed by atoms with Crippen LogP contribution >= 0.6 is 0 Å². The third-order valence-corrected chi connectivity index (χ3v) is 6.41. The van der Waals surface area contributed by atoms with E-state index < -0.39 is 0 Å². The number of hydrogen-bond donors (Lipinski definition) is 2. The maximum Gasteiger partial charge on any atom is 0.267 e. The summed E-state index contributed by atoms with van der Waals surface area (Å²) in [6.45, 7) is 9.57. The lowest BCUT2D eigenvalue weighted by atomic mass is 10.1. The minimum Gasteiger partial charge on any atom is -0.351 e. The summed E-state index contributed by atoms with van der Waals surface area (Å²) in [6, 6.07) is 24.2. The van der Waals surface area contributed by atoms with E-state index in [2.05, 4.69) is 61.1 Å². The first-order chi connectivity index (χ1) is 17.3. The number of anilines is 1. The fourth-order valence-corrected chi connectivity index (χ4v) is 4.36. The molecule has 1 aromatic heterocycles. The van der Waals surface area contributed by atoms with E-state index in [1.54, 1.807) is 0 Å². The second-order valence-electron chi connectivity index (χ2n) is 9.96. The van der Waals surface area contributed by atoms with Crippen molar-refractivity contribution in [3.8, 4) is 0 Å². The topological polar surface area (TPSA) is 63.1 Å². The molecule has 5 nitrogen and oxygen atoms in total. The van der Waals surface area contributed by atoms with E-state index in [9.17, 15) is 9.59 Å². The van der Waals surface area contributed by atoms with Gasteiger partial charge >= 0.3 is 0 Å². The molecule has 2 amide bonds. The van der Waals surface area contributed by atoms with Crippen LogP contribution < -0.4 is 10.6 Å². The van der Waals surface area contributed by atoms with E-state index in [0.29, 0.717) is 37.5 Å². The van der Waals surface area contributed by atoms with Crippen LogP contribution in [0.25, 0.3) is 10.9 Å². The van der Waals surface area contributed by atoms with Gasteiger partial charge in [-0.2, -0.15) is 0 Å². The molecule has 186 valence electrons. The predicted molar refractivity (Wildman–Crippen MR) is 148 cm³/mol. The van der Waals surface area contributed by atoms with Crippen molar-refractivity contribution >= 4 is 28.4 Å². The Labute approximate surface area is 213 Å². The maximum absolute atomic E-state index is 13.2. The SMILES string of the molecule is Cc1ccc(C)c(Cn2c(C(=O)NCC(C)C)cc3cc(NC(=O)CCc4ccccc4)ccc32)c1. The molecule has 3 aromatic carbocycles. The highest BCUT2D eigenvalue weighted by molar-refractivity contribution is 6.00. The molecule has 0 saturated carbocycles. The molecule has 0 radical (unpaired) electrons. The Balaban J connectivity index is 1.60. The van der Waals surface area contributed by atoms with Crippen LogP contribution in [-0.4, -0.2) is 22.9 Å². The van der Waals surface area contributed by atoms with E-state index in [-0.39, 0.29) is 11.8 Å². The molecule has 0 aliphatic carbocycles. The summed E-state index contributed by atoms with van der Waals surface area (Å²) >= 11 is 0. The van der Waals surface area contributed by atoms with Gasteiger partial charge in [0.2, 0.25) is 5.91 Å². The van der Waals surface area contributed by atoms with Crippen LogP contribution in [0.3, 0.4) is 0 Å². The lowest BCUT2D eigenvalue weighted by Gasteiger charge is -2.14. The highest BCUT2D eigenvalue weighted by Gasteiger charge is 2.17. The average Bonchev–Trinajstić information content (AvgIpc) is 3.21. The van der Waals surface area contributed by atoms with Crippen molar-refractivity contribution in [3.63, 3.8) is 0 Å². The van der Waals surface area contributed by atoms with Crippen molar-refractivity contribution < 1.29 is 9.59 Å². The van der Waals surface area contributed by atoms with Gasteiger partial charge in [0.1, 0.15) is 5.69 Å². The number of aromatic nitrogens is 1. The Morgan fingerprint density at radius 2 is 1.69 bits per heavy atom.